The zero-order valence-electron chi connectivity index (χ0n) is 7.63. The number of nitriles is 1. The van der Waals surface area contributed by atoms with Gasteiger partial charge in [-0.3, -0.25) is 9.69 Å². The number of hydrogen-bond acceptors (Lipinski definition) is 3. The van der Waals surface area contributed by atoms with Crippen LogP contribution in [0.1, 0.15) is 13.8 Å². The molecule has 1 aliphatic heterocycles. The Morgan fingerprint density at radius 2 is 2.23 bits per heavy atom. The van der Waals surface area contributed by atoms with Crippen LogP contribution in [-0.4, -0.2) is 29.9 Å². The topological polar surface area (TPSA) is 73.2 Å². The van der Waals surface area contributed by atoms with Crippen molar-refractivity contribution in [1.82, 2.24) is 10.2 Å². The fourth-order valence-corrected chi connectivity index (χ4v) is 1.05. The number of hydrogen-bond donors (Lipinski definition) is 1. The summed E-state index contributed by atoms with van der Waals surface area (Å²) >= 11 is 0. The molecule has 1 saturated heterocycles. The lowest BCUT2D eigenvalue weighted by Gasteiger charge is -2.21. The van der Waals surface area contributed by atoms with Crippen molar-refractivity contribution in [3.63, 3.8) is 0 Å². The molecular weight excluding hydrogens is 170 g/mol. The van der Waals surface area contributed by atoms with Gasteiger partial charge in [0.1, 0.15) is 0 Å². The Kier molecular flexibility index (Phi) is 2.24. The van der Waals surface area contributed by atoms with E-state index in [4.69, 9.17) is 5.26 Å². The van der Waals surface area contributed by atoms with E-state index >= 15 is 0 Å². The highest BCUT2D eigenvalue weighted by atomic mass is 16.2. The third kappa shape index (κ3) is 1.96. The molecule has 0 aliphatic carbocycles. The summed E-state index contributed by atoms with van der Waals surface area (Å²) in [4.78, 5) is 23.2. The van der Waals surface area contributed by atoms with Crippen molar-refractivity contribution in [2.75, 3.05) is 13.1 Å². The van der Waals surface area contributed by atoms with Crippen LogP contribution in [-0.2, 0) is 4.79 Å². The van der Waals surface area contributed by atoms with Crippen LogP contribution in [0.2, 0.25) is 0 Å². The number of nitrogens with one attached hydrogen (secondary N) is 1. The second-order valence-electron chi connectivity index (χ2n) is 3.63. The molecule has 1 rings (SSSR count). The molecular formula is C8H11N3O2. The van der Waals surface area contributed by atoms with Crippen LogP contribution >= 0.6 is 0 Å². The maximum absolute atomic E-state index is 11.1. The van der Waals surface area contributed by atoms with Gasteiger partial charge in [0.15, 0.2) is 0 Å². The highest BCUT2D eigenvalue weighted by Crippen LogP contribution is 2.16. The fraction of sp³-hybridized carbons (Fsp3) is 0.625. The van der Waals surface area contributed by atoms with Gasteiger partial charge in [-0.15, -0.1) is 0 Å². The third-order valence-corrected chi connectivity index (χ3v) is 1.79. The van der Waals surface area contributed by atoms with Gasteiger partial charge in [0.05, 0.1) is 18.0 Å². The van der Waals surface area contributed by atoms with Crippen LogP contribution < -0.4 is 5.32 Å². The van der Waals surface area contributed by atoms with E-state index in [0.717, 1.165) is 4.90 Å². The van der Waals surface area contributed by atoms with E-state index in [-0.39, 0.29) is 19.0 Å². The monoisotopic (exact) mass is 181 g/mol. The Bertz CT molecular complexity index is 274. The van der Waals surface area contributed by atoms with E-state index < -0.39 is 11.4 Å². The molecule has 0 unspecified atom stereocenters. The highest BCUT2D eigenvalue weighted by Gasteiger charge is 2.33. The Labute approximate surface area is 76.3 Å². The molecule has 5 heteroatoms. The molecule has 0 aromatic heterocycles. The first-order chi connectivity index (χ1) is 5.96. The average Bonchev–Trinajstić information content (AvgIpc) is 2.36. The van der Waals surface area contributed by atoms with E-state index in [0.29, 0.717) is 0 Å². The zero-order valence-corrected chi connectivity index (χ0v) is 7.63. The van der Waals surface area contributed by atoms with Gasteiger partial charge < -0.3 is 5.32 Å². The normalized spacial score (nSPS) is 17.2. The Hall–Kier alpha value is -1.57. The van der Waals surface area contributed by atoms with Crippen molar-refractivity contribution in [1.29, 1.82) is 5.26 Å². The van der Waals surface area contributed by atoms with Crippen LogP contribution in [0.5, 0.6) is 0 Å². The molecule has 0 radical (unpaired) electrons. The first-order valence-corrected chi connectivity index (χ1v) is 3.96. The Balaban J connectivity index is 2.69. The molecule has 0 aromatic carbocycles. The quantitative estimate of drug-likeness (QED) is 0.613. The van der Waals surface area contributed by atoms with Crippen LogP contribution in [0.25, 0.3) is 0 Å². The van der Waals surface area contributed by atoms with Crippen LogP contribution in [0.3, 0.4) is 0 Å². The maximum Gasteiger partial charge on any atom is 0.324 e. The lowest BCUT2D eigenvalue weighted by atomic mass is 9.95. The molecule has 1 N–H and O–H groups in total. The highest BCUT2D eigenvalue weighted by molar-refractivity contribution is 6.01. The summed E-state index contributed by atoms with van der Waals surface area (Å²) in [6.45, 7) is 3.56. The van der Waals surface area contributed by atoms with Gasteiger partial charge in [0.25, 0.3) is 0 Å². The summed E-state index contributed by atoms with van der Waals surface area (Å²) in [6, 6.07) is 1.63. The van der Waals surface area contributed by atoms with Crippen LogP contribution in [0, 0.1) is 16.7 Å². The summed E-state index contributed by atoms with van der Waals surface area (Å²) in [6.07, 6.45) is 0. The van der Waals surface area contributed by atoms with Crippen molar-refractivity contribution < 1.29 is 9.59 Å². The molecule has 5 nitrogen and oxygen atoms in total. The molecule has 1 fully saturated rings. The summed E-state index contributed by atoms with van der Waals surface area (Å²) < 4.78 is 0. The molecule has 13 heavy (non-hydrogen) atoms. The lowest BCUT2D eigenvalue weighted by molar-refractivity contribution is -0.125. The molecule has 0 aromatic rings. The second kappa shape index (κ2) is 3.05. The third-order valence-electron chi connectivity index (χ3n) is 1.79. The van der Waals surface area contributed by atoms with E-state index in [1.54, 1.807) is 13.8 Å². The number of urea groups is 1. The average molecular weight is 181 g/mol. The van der Waals surface area contributed by atoms with Crippen molar-refractivity contribution in [3.05, 3.63) is 0 Å². The van der Waals surface area contributed by atoms with Crippen LogP contribution in [0.4, 0.5) is 4.79 Å². The van der Waals surface area contributed by atoms with Gasteiger partial charge in [-0.05, 0) is 13.8 Å². The summed E-state index contributed by atoms with van der Waals surface area (Å²) in [5.41, 5.74) is -0.683. The molecule has 1 heterocycles. The van der Waals surface area contributed by atoms with Crippen molar-refractivity contribution in [2.24, 2.45) is 5.41 Å². The van der Waals surface area contributed by atoms with Gasteiger partial charge in [0.2, 0.25) is 5.91 Å². The molecule has 1 aliphatic rings. The van der Waals surface area contributed by atoms with Gasteiger partial charge in [-0.1, -0.05) is 0 Å². The zero-order chi connectivity index (χ0) is 10.1. The minimum atomic E-state index is -0.683. The molecule has 70 valence electrons. The first kappa shape index (κ1) is 9.52. The standard InChI is InChI=1S/C8H11N3O2/c1-8(2,4-9)5-11-6(12)3-10-7(11)13/h3,5H2,1-2H3,(H,10,13). The number of nitrogens with zero attached hydrogens (tertiary/aromatic N) is 2. The van der Waals surface area contributed by atoms with Gasteiger partial charge in [-0.2, -0.15) is 5.26 Å². The van der Waals surface area contributed by atoms with E-state index in [1.165, 1.54) is 0 Å². The largest absolute Gasteiger partial charge is 0.329 e. The number of carbonyl (C=O) groups is 2. The molecule has 0 saturated carbocycles. The predicted molar refractivity (Wildman–Crippen MR) is 44.5 cm³/mol. The summed E-state index contributed by atoms with van der Waals surface area (Å²) in [7, 11) is 0. The summed E-state index contributed by atoms with van der Waals surface area (Å²) in [5, 5.41) is 11.1. The summed E-state index contributed by atoms with van der Waals surface area (Å²) in [5.74, 6) is -0.270. The predicted octanol–water partition coefficient (Wildman–Crippen LogP) is 0.0880. The van der Waals surface area contributed by atoms with Crippen molar-refractivity contribution >= 4 is 11.9 Å². The molecule has 0 spiro atoms. The number of imide groups is 1. The minimum Gasteiger partial charge on any atom is -0.329 e. The van der Waals surface area contributed by atoms with E-state index in [2.05, 4.69) is 5.32 Å². The Morgan fingerprint density at radius 1 is 1.62 bits per heavy atom. The first-order valence-electron chi connectivity index (χ1n) is 3.96. The number of amides is 3. The van der Waals surface area contributed by atoms with Gasteiger partial charge in [-0.25, -0.2) is 4.79 Å². The SMILES string of the molecule is CC(C)(C#N)CN1C(=O)CNC1=O. The Morgan fingerprint density at radius 3 is 2.62 bits per heavy atom. The van der Waals surface area contributed by atoms with Gasteiger partial charge >= 0.3 is 6.03 Å². The number of rotatable bonds is 2. The van der Waals surface area contributed by atoms with Crippen LogP contribution in [0.15, 0.2) is 0 Å². The van der Waals surface area contributed by atoms with Crippen molar-refractivity contribution in [3.8, 4) is 6.07 Å². The lowest BCUT2D eigenvalue weighted by Crippen LogP contribution is -2.38. The van der Waals surface area contributed by atoms with Crippen molar-refractivity contribution in [2.45, 2.75) is 13.8 Å². The van der Waals surface area contributed by atoms with E-state index in [9.17, 15) is 9.59 Å². The molecule has 3 amide bonds. The van der Waals surface area contributed by atoms with E-state index in [1.807, 2.05) is 6.07 Å². The fourth-order valence-electron chi connectivity index (χ4n) is 1.05. The minimum absolute atomic E-state index is 0.0420. The maximum atomic E-state index is 11.1. The molecule has 0 atom stereocenters. The smallest absolute Gasteiger partial charge is 0.324 e. The molecule has 0 bridgehead atoms. The second-order valence-corrected chi connectivity index (χ2v) is 3.63. The van der Waals surface area contributed by atoms with Gasteiger partial charge in [0, 0.05) is 6.54 Å². The number of carbonyl (C=O) groups excluding carboxylic acids is 2.